The zero-order chi connectivity index (χ0) is 17.2. The van der Waals surface area contributed by atoms with Crippen LogP contribution in [0.15, 0.2) is 54.6 Å². The SMILES string of the molecule is O=C(c1ccccc1)N(Cc1ccccc1F)C1CCS(=O)(=O)C1. The van der Waals surface area contributed by atoms with Gasteiger partial charge in [0.2, 0.25) is 0 Å². The molecule has 0 N–H and O–H groups in total. The number of carbonyl (C=O) groups excluding carboxylic acids is 1. The fourth-order valence-corrected chi connectivity index (χ4v) is 4.68. The Morgan fingerprint density at radius 3 is 2.38 bits per heavy atom. The van der Waals surface area contributed by atoms with Gasteiger partial charge in [-0.05, 0) is 24.6 Å². The van der Waals surface area contributed by atoms with Gasteiger partial charge in [-0.15, -0.1) is 0 Å². The molecule has 6 heteroatoms. The molecule has 1 amide bonds. The number of halogens is 1. The predicted molar refractivity (Wildman–Crippen MR) is 89.8 cm³/mol. The summed E-state index contributed by atoms with van der Waals surface area (Å²) < 4.78 is 37.6. The Bertz CT molecular complexity index is 836. The number of hydrogen-bond acceptors (Lipinski definition) is 3. The van der Waals surface area contributed by atoms with E-state index in [1.807, 2.05) is 0 Å². The van der Waals surface area contributed by atoms with E-state index >= 15 is 0 Å². The molecule has 0 saturated carbocycles. The average Bonchev–Trinajstić information content (AvgIpc) is 2.94. The van der Waals surface area contributed by atoms with Gasteiger partial charge < -0.3 is 4.90 Å². The van der Waals surface area contributed by atoms with Crippen LogP contribution in [0.2, 0.25) is 0 Å². The Kier molecular flexibility index (Phi) is 4.66. The van der Waals surface area contributed by atoms with Gasteiger partial charge in [-0.3, -0.25) is 4.79 Å². The topological polar surface area (TPSA) is 54.5 Å². The molecule has 2 aromatic carbocycles. The van der Waals surface area contributed by atoms with Crippen molar-refractivity contribution in [3.8, 4) is 0 Å². The summed E-state index contributed by atoms with van der Waals surface area (Å²) in [5.74, 6) is -0.682. The Hall–Kier alpha value is -2.21. The van der Waals surface area contributed by atoms with Crippen LogP contribution >= 0.6 is 0 Å². The number of benzene rings is 2. The molecule has 1 aliphatic rings. The third kappa shape index (κ3) is 3.64. The largest absolute Gasteiger partial charge is 0.330 e. The van der Waals surface area contributed by atoms with Gasteiger partial charge in [0.05, 0.1) is 11.5 Å². The van der Waals surface area contributed by atoms with Crippen LogP contribution in [0.25, 0.3) is 0 Å². The van der Waals surface area contributed by atoms with E-state index in [-0.39, 0.29) is 24.0 Å². The van der Waals surface area contributed by atoms with Crippen LogP contribution in [0.1, 0.15) is 22.3 Å². The Morgan fingerprint density at radius 1 is 1.08 bits per heavy atom. The van der Waals surface area contributed by atoms with E-state index in [9.17, 15) is 17.6 Å². The number of hydrogen-bond donors (Lipinski definition) is 0. The standard InChI is InChI=1S/C18H18FNO3S/c19-17-9-5-4-8-15(17)12-20(16-10-11-24(22,23)13-16)18(21)14-6-2-1-3-7-14/h1-9,16H,10-13H2. The highest BCUT2D eigenvalue weighted by atomic mass is 32.2. The quantitative estimate of drug-likeness (QED) is 0.854. The summed E-state index contributed by atoms with van der Waals surface area (Å²) in [6, 6.07) is 14.5. The first-order valence-electron chi connectivity index (χ1n) is 7.76. The summed E-state index contributed by atoms with van der Waals surface area (Å²) in [6.07, 6.45) is 0.384. The van der Waals surface area contributed by atoms with Crippen molar-refractivity contribution in [2.75, 3.05) is 11.5 Å². The van der Waals surface area contributed by atoms with E-state index in [1.54, 1.807) is 48.5 Å². The fraction of sp³-hybridized carbons (Fsp3) is 0.278. The van der Waals surface area contributed by atoms with Crippen molar-refractivity contribution in [1.82, 2.24) is 4.90 Å². The third-order valence-corrected chi connectivity index (χ3v) is 5.98. The summed E-state index contributed by atoms with van der Waals surface area (Å²) in [6.45, 7) is 0.0561. The molecule has 1 saturated heterocycles. The van der Waals surface area contributed by atoms with E-state index in [4.69, 9.17) is 0 Å². The first kappa shape index (κ1) is 16.6. The number of rotatable bonds is 4. The second-order valence-electron chi connectivity index (χ2n) is 5.95. The van der Waals surface area contributed by atoms with Crippen LogP contribution in [0.3, 0.4) is 0 Å². The van der Waals surface area contributed by atoms with Crippen molar-refractivity contribution in [1.29, 1.82) is 0 Å². The molecule has 1 unspecified atom stereocenters. The Labute approximate surface area is 140 Å². The van der Waals surface area contributed by atoms with Crippen LogP contribution in [0, 0.1) is 5.82 Å². The Morgan fingerprint density at radius 2 is 1.75 bits per heavy atom. The summed E-state index contributed by atoms with van der Waals surface area (Å²) in [5.41, 5.74) is 0.851. The number of carbonyl (C=O) groups is 1. The van der Waals surface area contributed by atoms with Crippen molar-refractivity contribution in [2.24, 2.45) is 0 Å². The fourth-order valence-electron chi connectivity index (χ4n) is 2.94. The zero-order valence-corrected chi connectivity index (χ0v) is 13.9. The lowest BCUT2D eigenvalue weighted by Crippen LogP contribution is -2.40. The number of amides is 1. The smallest absolute Gasteiger partial charge is 0.254 e. The lowest BCUT2D eigenvalue weighted by molar-refractivity contribution is 0.0679. The highest BCUT2D eigenvalue weighted by Gasteiger charge is 2.35. The normalized spacial score (nSPS) is 19.1. The maximum absolute atomic E-state index is 14.0. The average molecular weight is 347 g/mol. The summed E-state index contributed by atoms with van der Waals surface area (Å²) >= 11 is 0. The zero-order valence-electron chi connectivity index (χ0n) is 13.1. The number of sulfone groups is 1. The number of nitrogens with zero attached hydrogens (tertiary/aromatic N) is 1. The van der Waals surface area contributed by atoms with Crippen LogP contribution in [-0.2, 0) is 16.4 Å². The molecule has 24 heavy (non-hydrogen) atoms. The molecule has 1 aliphatic heterocycles. The maximum Gasteiger partial charge on any atom is 0.254 e. The van der Waals surface area contributed by atoms with Gasteiger partial charge in [-0.25, -0.2) is 12.8 Å². The molecule has 2 aromatic rings. The lowest BCUT2D eigenvalue weighted by atomic mass is 10.1. The van der Waals surface area contributed by atoms with Crippen molar-refractivity contribution in [3.05, 3.63) is 71.5 Å². The van der Waals surface area contributed by atoms with Gasteiger partial charge in [-0.2, -0.15) is 0 Å². The molecule has 1 atom stereocenters. The van der Waals surface area contributed by atoms with Crippen LogP contribution in [0.4, 0.5) is 4.39 Å². The first-order chi connectivity index (χ1) is 11.5. The minimum Gasteiger partial charge on any atom is -0.330 e. The highest BCUT2D eigenvalue weighted by molar-refractivity contribution is 7.91. The van der Waals surface area contributed by atoms with Crippen molar-refractivity contribution < 1.29 is 17.6 Å². The van der Waals surface area contributed by atoms with E-state index in [0.29, 0.717) is 17.5 Å². The van der Waals surface area contributed by atoms with Crippen LogP contribution < -0.4 is 0 Å². The molecule has 3 rings (SSSR count). The third-order valence-electron chi connectivity index (χ3n) is 4.23. The monoisotopic (exact) mass is 347 g/mol. The maximum atomic E-state index is 14.0. The molecule has 0 radical (unpaired) electrons. The molecule has 0 aromatic heterocycles. The van der Waals surface area contributed by atoms with Crippen molar-refractivity contribution >= 4 is 15.7 Å². The molecule has 0 bridgehead atoms. The Balaban J connectivity index is 1.92. The van der Waals surface area contributed by atoms with Crippen LogP contribution in [-0.4, -0.2) is 36.8 Å². The second-order valence-corrected chi connectivity index (χ2v) is 8.18. The second kappa shape index (κ2) is 6.73. The first-order valence-corrected chi connectivity index (χ1v) is 9.58. The van der Waals surface area contributed by atoms with E-state index < -0.39 is 21.7 Å². The van der Waals surface area contributed by atoms with E-state index in [1.165, 1.54) is 11.0 Å². The van der Waals surface area contributed by atoms with Gasteiger partial charge in [0.1, 0.15) is 5.82 Å². The lowest BCUT2D eigenvalue weighted by Gasteiger charge is -2.28. The summed E-state index contributed by atoms with van der Waals surface area (Å²) in [7, 11) is -3.15. The molecule has 0 aliphatic carbocycles. The molecule has 0 spiro atoms. The van der Waals surface area contributed by atoms with Crippen molar-refractivity contribution in [2.45, 2.75) is 19.0 Å². The van der Waals surface area contributed by atoms with Gasteiger partial charge in [0, 0.05) is 23.7 Å². The predicted octanol–water partition coefficient (Wildman–Crippen LogP) is 2.66. The summed E-state index contributed by atoms with van der Waals surface area (Å²) in [5, 5.41) is 0. The van der Waals surface area contributed by atoms with E-state index in [0.717, 1.165) is 0 Å². The molecular formula is C18H18FNO3S. The highest BCUT2D eigenvalue weighted by Crippen LogP contribution is 2.23. The molecule has 126 valence electrons. The molecule has 1 fully saturated rings. The molecular weight excluding hydrogens is 329 g/mol. The summed E-state index contributed by atoms with van der Waals surface area (Å²) in [4.78, 5) is 14.4. The minimum absolute atomic E-state index is 0.0561. The molecule has 1 heterocycles. The van der Waals surface area contributed by atoms with Crippen molar-refractivity contribution in [3.63, 3.8) is 0 Å². The van der Waals surface area contributed by atoms with Gasteiger partial charge in [-0.1, -0.05) is 36.4 Å². The minimum atomic E-state index is -3.15. The van der Waals surface area contributed by atoms with E-state index in [2.05, 4.69) is 0 Å². The van der Waals surface area contributed by atoms with Gasteiger partial charge in [0.25, 0.3) is 5.91 Å². The molecule has 4 nitrogen and oxygen atoms in total. The van der Waals surface area contributed by atoms with Crippen LogP contribution in [0.5, 0.6) is 0 Å². The van der Waals surface area contributed by atoms with Gasteiger partial charge in [0.15, 0.2) is 9.84 Å². The van der Waals surface area contributed by atoms with Gasteiger partial charge >= 0.3 is 0 Å².